The van der Waals surface area contributed by atoms with Gasteiger partial charge in [-0.1, -0.05) is 60.5 Å². The molecule has 0 radical (unpaired) electrons. The number of carbonyl (C=O) groups excluding carboxylic acids is 2. The minimum atomic E-state index is -4.25. The number of unbranched alkanes of at least 4 members (excludes halogenated alkanes) is 3. The van der Waals surface area contributed by atoms with E-state index in [4.69, 9.17) is 31.0 Å². The first-order valence-electron chi connectivity index (χ1n) is 12.9. The first-order chi connectivity index (χ1) is 20.7. The molecular weight excluding hydrogens is 606 g/mol. The molecule has 15 heteroatoms. The Bertz CT molecular complexity index is 1580. The molecule has 0 bridgehead atoms. The number of sulfone groups is 1. The van der Waals surface area contributed by atoms with Gasteiger partial charge in [-0.2, -0.15) is 0 Å². The molecule has 228 valence electrons. The summed E-state index contributed by atoms with van der Waals surface area (Å²) in [5.41, 5.74) is 2.24. The van der Waals surface area contributed by atoms with E-state index in [9.17, 15) is 23.2 Å². The highest BCUT2D eigenvalue weighted by Crippen LogP contribution is 2.27. The summed E-state index contributed by atoms with van der Waals surface area (Å²) < 4.78 is 45.7. The fraction of sp³-hybridized carbons (Fsp3) is 0.286. The Morgan fingerprint density at radius 2 is 1.81 bits per heavy atom. The van der Waals surface area contributed by atoms with Crippen molar-refractivity contribution in [1.82, 2.24) is 10.6 Å². The zero-order chi connectivity index (χ0) is 31.1. The molecule has 13 nitrogen and oxygen atoms in total. The monoisotopic (exact) mass is 633 g/mol. The second-order valence-electron chi connectivity index (χ2n) is 8.68. The van der Waals surface area contributed by atoms with Crippen molar-refractivity contribution in [2.45, 2.75) is 42.0 Å². The summed E-state index contributed by atoms with van der Waals surface area (Å²) in [6.45, 7) is -0.178. The number of halogens is 1. The van der Waals surface area contributed by atoms with Crippen molar-refractivity contribution >= 4 is 39.4 Å². The summed E-state index contributed by atoms with van der Waals surface area (Å²) in [6, 6.07) is 12.3. The molecule has 0 unspecified atom stereocenters. The Hall–Kier alpha value is -4.58. The number of carbonyl (C=O) groups is 2. The number of hydrogen-bond donors (Lipinski definition) is 2. The maximum absolute atomic E-state index is 12.7. The van der Waals surface area contributed by atoms with Crippen LogP contribution < -0.4 is 19.9 Å². The van der Waals surface area contributed by atoms with Crippen molar-refractivity contribution in [1.29, 1.82) is 0 Å². The molecular formula is C28H28ClN3O10S. The zero-order valence-electron chi connectivity index (χ0n) is 22.7. The molecule has 2 N–H and O–H groups in total. The smallest absolute Gasteiger partial charge is 0.415 e. The molecule has 0 aliphatic rings. The van der Waals surface area contributed by atoms with Crippen LogP contribution in [-0.2, 0) is 24.2 Å². The lowest BCUT2D eigenvalue weighted by atomic mass is 10.1. The van der Waals surface area contributed by atoms with Gasteiger partial charge in [0, 0.05) is 12.5 Å². The molecule has 0 atom stereocenters. The second-order valence-corrected chi connectivity index (χ2v) is 10.9. The van der Waals surface area contributed by atoms with Crippen LogP contribution in [0.2, 0.25) is 5.02 Å². The minimum Gasteiger partial charge on any atom is -0.492 e. The van der Waals surface area contributed by atoms with Gasteiger partial charge in [-0.15, -0.1) is 0 Å². The average Bonchev–Trinajstić information content (AvgIpc) is 3.39. The number of ether oxygens (including phenoxy) is 3. The Kier molecular flexibility index (Phi) is 12.8. The van der Waals surface area contributed by atoms with Crippen molar-refractivity contribution in [3.8, 4) is 23.5 Å². The number of hydrogen-bond acceptors (Lipinski definition) is 11. The van der Waals surface area contributed by atoms with E-state index in [2.05, 4.69) is 21.6 Å². The Morgan fingerprint density at radius 3 is 2.56 bits per heavy atom. The Morgan fingerprint density at radius 1 is 1.07 bits per heavy atom. The van der Waals surface area contributed by atoms with Crippen LogP contribution in [0.1, 0.15) is 37.7 Å². The third-order valence-electron chi connectivity index (χ3n) is 5.60. The van der Waals surface area contributed by atoms with Crippen LogP contribution in [0, 0.1) is 17.0 Å². The van der Waals surface area contributed by atoms with Crippen LogP contribution in [0.25, 0.3) is 6.08 Å². The number of benzene rings is 2. The topological polar surface area (TPSA) is 181 Å². The molecule has 0 fully saturated rings. The van der Waals surface area contributed by atoms with Crippen LogP contribution in [0.4, 0.5) is 0 Å². The summed E-state index contributed by atoms with van der Waals surface area (Å²) in [5, 5.41) is 23.2. The molecule has 0 aliphatic heterocycles. The molecule has 43 heavy (non-hydrogen) atoms. The van der Waals surface area contributed by atoms with E-state index in [-0.39, 0.29) is 29.4 Å². The van der Waals surface area contributed by atoms with Crippen molar-refractivity contribution < 1.29 is 47.0 Å². The standard InChI is InChI=1S/C28H28ClN3O10S/c29-23-20-21(13-15-24(23)39-17-7-2-1-6-12-25(33)30-35)14-16-26(34)40-18-8-9-19-41-27-28(32(36)42-31-27)43(37,38)22-10-4-3-5-11-22/h3-5,10-11,13-16,20,35H,1-2,6-7,12,17-19H2,(H,30,33). The third kappa shape index (κ3) is 10.3. The molecule has 0 spiro atoms. The lowest BCUT2D eigenvalue weighted by Crippen LogP contribution is -2.30. The fourth-order valence-electron chi connectivity index (χ4n) is 3.48. The number of esters is 1. The molecule has 2 aromatic carbocycles. The molecule has 0 saturated carbocycles. The Balaban J connectivity index is 1.39. The van der Waals surface area contributed by atoms with E-state index in [0.29, 0.717) is 29.4 Å². The normalized spacial score (nSPS) is 11.0. The molecule has 3 rings (SSSR count). The summed E-state index contributed by atoms with van der Waals surface area (Å²) in [7, 11) is -4.25. The lowest BCUT2D eigenvalue weighted by molar-refractivity contribution is -0.832. The SMILES string of the molecule is O=C(CCCCCCOc1ccc(C=CC(=O)OCC#CCOc2no[n+]([O-])c2S(=O)(=O)c2ccccc2)cc1Cl)NO. The molecule has 3 aromatic rings. The van der Waals surface area contributed by atoms with Gasteiger partial charge in [0.2, 0.25) is 5.91 Å². The maximum atomic E-state index is 12.7. The first-order valence-corrected chi connectivity index (χ1v) is 14.8. The predicted octanol–water partition coefficient (Wildman–Crippen LogP) is 3.27. The van der Waals surface area contributed by atoms with Crippen molar-refractivity contribution in [2.24, 2.45) is 0 Å². The van der Waals surface area contributed by atoms with Gasteiger partial charge in [0.15, 0.2) is 13.2 Å². The van der Waals surface area contributed by atoms with Crippen LogP contribution in [0.15, 0.2) is 69.2 Å². The summed E-state index contributed by atoms with van der Waals surface area (Å²) in [6.07, 6.45) is 6.12. The number of hydroxylamine groups is 1. The zero-order valence-corrected chi connectivity index (χ0v) is 24.3. The van der Waals surface area contributed by atoms with Gasteiger partial charge >= 0.3 is 16.9 Å². The third-order valence-corrected chi connectivity index (χ3v) is 7.62. The van der Waals surface area contributed by atoms with Gasteiger partial charge < -0.3 is 19.4 Å². The molecule has 0 aliphatic carbocycles. The van der Waals surface area contributed by atoms with Gasteiger partial charge in [-0.3, -0.25) is 14.6 Å². The van der Waals surface area contributed by atoms with Gasteiger partial charge in [0.1, 0.15) is 5.75 Å². The predicted molar refractivity (Wildman–Crippen MR) is 151 cm³/mol. The molecule has 1 heterocycles. The summed E-state index contributed by atoms with van der Waals surface area (Å²) in [5.74, 6) is 3.94. The van der Waals surface area contributed by atoms with Crippen LogP contribution in [0.3, 0.4) is 0 Å². The quantitative estimate of drug-likeness (QED) is 0.0477. The molecule has 1 amide bonds. The summed E-state index contributed by atoms with van der Waals surface area (Å²) >= 11 is 6.27. The molecule has 1 aromatic heterocycles. The van der Waals surface area contributed by atoms with Gasteiger partial charge in [0.25, 0.3) is 9.84 Å². The van der Waals surface area contributed by atoms with Crippen molar-refractivity contribution in [3.63, 3.8) is 0 Å². The van der Waals surface area contributed by atoms with Gasteiger partial charge in [-0.25, -0.2) is 18.7 Å². The fourth-order valence-corrected chi connectivity index (χ4v) is 5.02. The largest absolute Gasteiger partial charge is 0.492 e. The number of nitrogens with one attached hydrogen (secondary N) is 1. The van der Waals surface area contributed by atoms with Crippen LogP contribution in [-0.4, -0.2) is 50.5 Å². The van der Waals surface area contributed by atoms with E-state index in [1.807, 2.05) is 0 Å². The highest BCUT2D eigenvalue weighted by molar-refractivity contribution is 7.91. The van der Waals surface area contributed by atoms with Gasteiger partial charge in [-0.05, 0) is 53.6 Å². The van der Waals surface area contributed by atoms with Gasteiger partial charge in [0.05, 0.1) is 21.7 Å². The second kappa shape index (κ2) is 16.8. The number of rotatable bonds is 15. The maximum Gasteiger partial charge on any atom is 0.415 e. The highest BCUT2D eigenvalue weighted by atomic mass is 35.5. The van der Waals surface area contributed by atoms with E-state index in [1.165, 1.54) is 36.4 Å². The van der Waals surface area contributed by atoms with Crippen molar-refractivity contribution in [3.05, 3.63) is 70.4 Å². The highest BCUT2D eigenvalue weighted by Gasteiger charge is 2.35. The Labute approximate surface area is 252 Å². The van der Waals surface area contributed by atoms with Crippen LogP contribution >= 0.6 is 11.6 Å². The summed E-state index contributed by atoms with van der Waals surface area (Å²) in [4.78, 5) is 22.5. The minimum absolute atomic E-state index is 0.141. The van der Waals surface area contributed by atoms with Crippen LogP contribution in [0.5, 0.6) is 11.6 Å². The molecule has 0 saturated heterocycles. The number of nitrogens with zero attached hydrogens (tertiary/aromatic N) is 2. The van der Waals surface area contributed by atoms with E-state index in [0.717, 1.165) is 19.3 Å². The van der Waals surface area contributed by atoms with E-state index >= 15 is 0 Å². The van der Waals surface area contributed by atoms with E-state index in [1.54, 1.807) is 29.7 Å². The number of amides is 1. The van der Waals surface area contributed by atoms with E-state index < -0.39 is 32.6 Å². The average molecular weight is 634 g/mol. The lowest BCUT2D eigenvalue weighted by Gasteiger charge is -2.08. The van der Waals surface area contributed by atoms with Crippen molar-refractivity contribution in [2.75, 3.05) is 19.8 Å². The number of aromatic nitrogens is 2. The first kappa shape index (κ1) is 32.9.